The molecular weight excluding hydrogens is 354 g/mol. The number of piperazine rings is 1. The van der Waals surface area contributed by atoms with E-state index in [0.29, 0.717) is 6.04 Å². The molecule has 3 fully saturated rings. The van der Waals surface area contributed by atoms with Gasteiger partial charge in [-0.25, -0.2) is 0 Å². The summed E-state index contributed by atoms with van der Waals surface area (Å²) in [5.74, 6) is 0.892. The maximum absolute atomic E-state index is 12.8. The Bertz CT molecular complexity index is 662. The van der Waals surface area contributed by atoms with Gasteiger partial charge in [-0.1, -0.05) is 0 Å². The molecule has 1 atom stereocenters. The quantitative estimate of drug-likeness (QED) is 0.795. The molecule has 0 aliphatic carbocycles. The molecule has 1 aromatic carbocycles. The van der Waals surface area contributed by atoms with Crippen LogP contribution in [0.15, 0.2) is 24.3 Å². The Hall–Kier alpha value is -1.63. The molecule has 1 amide bonds. The van der Waals surface area contributed by atoms with Crippen molar-refractivity contribution in [3.05, 3.63) is 29.8 Å². The number of amides is 1. The first-order valence-electron chi connectivity index (χ1n) is 10.6. The van der Waals surface area contributed by atoms with E-state index in [4.69, 9.17) is 9.47 Å². The Morgan fingerprint density at radius 3 is 2.39 bits per heavy atom. The van der Waals surface area contributed by atoms with Gasteiger partial charge in [0.25, 0.3) is 5.91 Å². The monoisotopic (exact) mass is 387 g/mol. The molecule has 28 heavy (non-hydrogen) atoms. The predicted molar refractivity (Wildman–Crippen MR) is 109 cm³/mol. The van der Waals surface area contributed by atoms with Crippen molar-refractivity contribution in [2.24, 2.45) is 0 Å². The maximum Gasteiger partial charge on any atom is 0.253 e. The third-order valence-electron chi connectivity index (χ3n) is 6.82. The molecule has 3 saturated heterocycles. The van der Waals surface area contributed by atoms with E-state index in [2.05, 4.69) is 16.8 Å². The van der Waals surface area contributed by atoms with Crippen molar-refractivity contribution in [3.8, 4) is 5.75 Å². The number of likely N-dealkylation sites (N-methyl/N-ethyl adjacent to an activating group) is 1. The summed E-state index contributed by atoms with van der Waals surface area (Å²) in [7, 11) is 3.85. The first kappa shape index (κ1) is 19.7. The van der Waals surface area contributed by atoms with Crippen molar-refractivity contribution in [3.63, 3.8) is 0 Å². The largest absolute Gasteiger partial charge is 0.497 e. The third-order valence-corrected chi connectivity index (χ3v) is 6.82. The lowest BCUT2D eigenvalue weighted by atomic mass is 9.81. The van der Waals surface area contributed by atoms with Crippen LogP contribution < -0.4 is 4.74 Å². The normalized spacial score (nSPS) is 26.4. The summed E-state index contributed by atoms with van der Waals surface area (Å²) in [6.07, 6.45) is 4.14. The zero-order chi connectivity index (χ0) is 19.6. The molecule has 0 bridgehead atoms. The van der Waals surface area contributed by atoms with E-state index >= 15 is 0 Å². The van der Waals surface area contributed by atoms with Gasteiger partial charge in [0.1, 0.15) is 5.75 Å². The highest BCUT2D eigenvalue weighted by molar-refractivity contribution is 5.94. The van der Waals surface area contributed by atoms with Gasteiger partial charge in [0.05, 0.1) is 12.7 Å². The van der Waals surface area contributed by atoms with Crippen LogP contribution in [0, 0.1) is 0 Å². The summed E-state index contributed by atoms with van der Waals surface area (Å²) in [6, 6.07) is 8.04. The minimum absolute atomic E-state index is 0.0387. The van der Waals surface area contributed by atoms with Crippen LogP contribution in [0.4, 0.5) is 0 Å². The van der Waals surface area contributed by atoms with E-state index in [1.54, 1.807) is 7.11 Å². The van der Waals surface area contributed by atoms with Crippen LogP contribution in [-0.4, -0.2) is 92.3 Å². The summed E-state index contributed by atoms with van der Waals surface area (Å²) in [5.41, 5.74) is 0.694. The summed E-state index contributed by atoms with van der Waals surface area (Å²) in [5, 5.41) is 0. The number of benzene rings is 1. The molecule has 154 valence electrons. The first-order valence-corrected chi connectivity index (χ1v) is 10.6. The smallest absolute Gasteiger partial charge is 0.253 e. The molecule has 6 nitrogen and oxygen atoms in total. The zero-order valence-corrected chi connectivity index (χ0v) is 17.2. The van der Waals surface area contributed by atoms with Gasteiger partial charge in [0, 0.05) is 57.5 Å². The Morgan fingerprint density at radius 2 is 1.75 bits per heavy atom. The van der Waals surface area contributed by atoms with Crippen molar-refractivity contribution >= 4 is 5.91 Å². The van der Waals surface area contributed by atoms with Crippen molar-refractivity contribution in [1.29, 1.82) is 0 Å². The fourth-order valence-electron chi connectivity index (χ4n) is 4.88. The molecule has 1 aromatic rings. The topological polar surface area (TPSA) is 45.2 Å². The number of likely N-dealkylation sites (tertiary alicyclic amines) is 1. The van der Waals surface area contributed by atoms with Gasteiger partial charge in [-0.15, -0.1) is 0 Å². The van der Waals surface area contributed by atoms with Gasteiger partial charge in [-0.2, -0.15) is 0 Å². The minimum Gasteiger partial charge on any atom is -0.497 e. The highest BCUT2D eigenvalue weighted by Gasteiger charge is 2.42. The average Bonchev–Trinajstić information content (AvgIpc) is 2.74. The van der Waals surface area contributed by atoms with Gasteiger partial charge in [-0.05, 0) is 57.0 Å². The van der Waals surface area contributed by atoms with Crippen LogP contribution in [0.1, 0.15) is 36.0 Å². The Labute approximate surface area is 168 Å². The average molecular weight is 388 g/mol. The standard InChI is InChI=1S/C22H33N3O3/c1-23-12-14-24(15-13-23)19-7-16-28-22(17-19)8-10-25(11-9-22)21(26)18-3-5-20(27-2)6-4-18/h3-6,19H,7-17H2,1-2H3. The van der Waals surface area contributed by atoms with Crippen LogP contribution in [0.25, 0.3) is 0 Å². The molecular formula is C22H33N3O3. The number of nitrogens with zero attached hydrogens (tertiary/aromatic N) is 3. The van der Waals surface area contributed by atoms with Gasteiger partial charge in [-0.3, -0.25) is 9.69 Å². The maximum atomic E-state index is 12.8. The number of ether oxygens (including phenoxy) is 2. The van der Waals surface area contributed by atoms with Crippen molar-refractivity contribution in [2.75, 3.05) is 60.0 Å². The van der Waals surface area contributed by atoms with Gasteiger partial charge < -0.3 is 19.3 Å². The van der Waals surface area contributed by atoms with Crippen LogP contribution in [0.3, 0.4) is 0 Å². The fourth-order valence-corrected chi connectivity index (χ4v) is 4.88. The van der Waals surface area contributed by atoms with E-state index in [1.165, 1.54) is 13.1 Å². The number of hydrogen-bond acceptors (Lipinski definition) is 5. The summed E-state index contributed by atoms with van der Waals surface area (Å²) < 4.78 is 11.5. The lowest BCUT2D eigenvalue weighted by molar-refractivity contribution is -0.132. The van der Waals surface area contributed by atoms with Crippen molar-refractivity contribution < 1.29 is 14.3 Å². The van der Waals surface area contributed by atoms with Gasteiger partial charge >= 0.3 is 0 Å². The number of hydrogen-bond donors (Lipinski definition) is 0. The number of carbonyl (C=O) groups excluding carboxylic acids is 1. The Kier molecular flexibility index (Phi) is 5.90. The molecule has 1 unspecified atom stereocenters. The molecule has 0 radical (unpaired) electrons. The molecule has 3 aliphatic heterocycles. The van der Waals surface area contributed by atoms with Crippen LogP contribution in [0.2, 0.25) is 0 Å². The van der Waals surface area contributed by atoms with E-state index in [0.717, 1.165) is 69.8 Å². The molecule has 6 heteroatoms. The number of methoxy groups -OCH3 is 1. The molecule has 4 rings (SSSR count). The summed E-state index contributed by atoms with van der Waals surface area (Å²) >= 11 is 0. The summed E-state index contributed by atoms with van der Waals surface area (Å²) in [6.45, 7) is 7.06. The fraction of sp³-hybridized carbons (Fsp3) is 0.682. The second-order valence-electron chi connectivity index (χ2n) is 8.54. The van der Waals surface area contributed by atoms with E-state index in [1.807, 2.05) is 29.2 Å². The minimum atomic E-state index is -0.0387. The van der Waals surface area contributed by atoms with Crippen molar-refractivity contribution in [2.45, 2.75) is 37.3 Å². The lowest BCUT2D eigenvalue weighted by Crippen LogP contribution is -2.57. The van der Waals surface area contributed by atoms with E-state index < -0.39 is 0 Å². The molecule has 0 saturated carbocycles. The molecule has 0 aromatic heterocycles. The summed E-state index contributed by atoms with van der Waals surface area (Å²) in [4.78, 5) is 19.9. The van der Waals surface area contributed by atoms with Crippen LogP contribution >= 0.6 is 0 Å². The molecule has 3 aliphatic rings. The second kappa shape index (κ2) is 8.39. The highest BCUT2D eigenvalue weighted by Crippen LogP contribution is 2.37. The van der Waals surface area contributed by atoms with Crippen LogP contribution in [-0.2, 0) is 4.74 Å². The zero-order valence-electron chi connectivity index (χ0n) is 17.2. The number of rotatable bonds is 3. The Morgan fingerprint density at radius 1 is 1.07 bits per heavy atom. The third kappa shape index (κ3) is 4.19. The number of carbonyl (C=O) groups is 1. The predicted octanol–water partition coefficient (Wildman–Crippen LogP) is 2.10. The number of piperidine rings is 1. The highest BCUT2D eigenvalue weighted by atomic mass is 16.5. The second-order valence-corrected chi connectivity index (χ2v) is 8.54. The lowest BCUT2D eigenvalue weighted by Gasteiger charge is -2.49. The Balaban J connectivity index is 1.34. The van der Waals surface area contributed by atoms with E-state index in [-0.39, 0.29) is 11.5 Å². The SMILES string of the molecule is COc1ccc(C(=O)N2CCC3(CC2)CC(N2CCN(C)CC2)CCO3)cc1. The van der Waals surface area contributed by atoms with Gasteiger partial charge in [0.2, 0.25) is 0 Å². The van der Waals surface area contributed by atoms with Crippen LogP contribution in [0.5, 0.6) is 5.75 Å². The van der Waals surface area contributed by atoms with Crippen molar-refractivity contribution in [1.82, 2.24) is 14.7 Å². The first-order chi connectivity index (χ1) is 13.6. The molecule has 1 spiro atoms. The molecule has 0 N–H and O–H groups in total. The molecule has 3 heterocycles. The van der Waals surface area contributed by atoms with E-state index in [9.17, 15) is 4.79 Å². The van der Waals surface area contributed by atoms with Gasteiger partial charge in [0.15, 0.2) is 0 Å².